The van der Waals surface area contributed by atoms with Crippen molar-refractivity contribution >= 4 is 39.0 Å². The van der Waals surface area contributed by atoms with Gasteiger partial charge in [-0.15, -0.1) is 23.1 Å². The number of rotatable bonds is 3. The van der Waals surface area contributed by atoms with Crippen LogP contribution in [0.3, 0.4) is 0 Å². The lowest BCUT2D eigenvalue weighted by atomic mass is 10.1. The largest absolute Gasteiger partial charge is 0.132 e. The topological polar surface area (TPSA) is 0 Å². The van der Waals surface area contributed by atoms with Crippen LogP contribution in [0.1, 0.15) is 16.0 Å². The van der Waals surface area contributed by atoms with Crippen molar-refractivity contribution in [1.82, 2.24) is 0 Å². The maximum atomic E-state index is 3.49. The molecule has 0 nitrogen and oxygen atoms in total. The molecule has 16 heavy (non-hydrogen) atoms. The summed E-state index contributed by atoms with van der Waals surface area (Å²) in [7, 11) is 0. The maximum Gasteiger partial charge on any atom is 0.0701 e. The quantitative estimate of drug-likeness (QED) is 0.682. The summed E-state index contributed by atoms with van der Waals surface area (Å²) in [5, 5.41) is 0. The van der Waals surface area contributed by atoms with Gasteiger partial charge in [0.1, 0.15) is 0 Å². The zero-order valence-electron chi connectivity index (χ0n) is 9.29. The normalized spacial score (nSPS) is 10.7. The Balaban J connectivity index is 2.02. The molecule has 84 valence electrons. The van der Waals surface area contributed by atoms with Crippen molar-refractivity contribution in [2.24, 2.45) is 0 Å². The minimum absolute atomic E-state index is 1.05. The monoisotopic (exact) mass is 312 g/mol. The van der Waals surface area contributed by atoms with E-state index in [0.717, 1.165) is 5.75 Å². The van der Waals surface area contributed by atoms with E-state index in [1.54, 1.807) is 0 Å². The average Bonchev–Trinajstić information content (AvgIpc) is 2.66. The highest BCUT2D eigenvalue weighted by molar-refractivity contribution is 9.11. The minimum Gasteiger partial charge on any atom is -0.132 e. The molecule has 1 heterocycles. The van der Waals surface area contributed by atoms with Crippen molar-refractivity contribution in [3.63, 3.8) is 0 Å². The molecule has 0 radical (unpaired) electrons. The number of hydrogen-bond donors (Lipinski definition) is 0. The van der Waals surface area contributed by atoms with Gasteiger partial charge >= 0.3 is 0 Å². The molecule has 3 heteroatoms. The summed E-state index contributed by atoms with van der Waals surface area (Å²) in [6.45, 7) is 4.32. The lowest BCUT2D eigenvalue weighted by Crippen LogP contribution is -1.81. The Labute approximate surface area is 113 Å². The maximum absolute atomic E-state index is 3.49. The number of thioether (sulfide) groups is 1. The van der Waals surface area contributed by atoms with Crippen LogP contribution in [-0.4, -0.2) is 0 Å². The molecule has 0 saturated heterocycles. The van der Waals surface area contributed by atoms with Crippen molar-refractivity contribution < 1.29 is 0 Å². The Morgan fingerprint density at radius 3 is 2.56 bits per heavy atom. The first kappa shape index (κ1) is 12.2. The van der Waals surface area contributed by atoms with E-state index in [2.05, 4.69) is 60.1 Å². The lowest BCUT2D eigenvalue weighted by molar-refractivity contribution is 1.27. The van der Waals surface area contributed by atoms with Crippen LogP contribution in [0.4, 0.5) is 0 Å². The van der Waals surface area contributed by atoms with E-state index in [0.29, 0.717) is 0 Å². The fraction of sp³-hybridized carbons (Fsp3) is 0.231. The molecular formula is C13H13BrS2. The van der Waals surface area contributed by atoms with E-state index < -0.39 is 0 Å². The van der Waals surface area contributed by atoms with Gasteiger partial charge in [0.05, 0.1) is 3.79 Å². The predicted octanol–water partition coefficient (Wildman–Crippen LogP) is 5.42. The van der Waals surface area contributed by atoms with E-state index in [9.17, 15) is 0 Å². The highest BCUT2D eigenvalue weighted by Gasteiger charge is 2.01. The van der Waals surface area contributed by atoms with Gasteiger partial charge < -0.3 is 0 Å². The predicted molar refractivity (Wildman–Crippen MR) is 77.5 cm³/mol. The molecule has 0 bridgehead atoms. The highest BCUT2D eigenvalue weighted by Crippen LogP contribution is 2.29. The summed E-state index contributed by atoms with van der Waals surface area (Å²) in [6.07, 6.45) is 0. The Morgan fingerprint density at radius 2 is 1.94 bits per heavy atom. The lowest BCUT2D eigenvalue weighted by Gasteiger charge is -2.03. The second-order valence-electron chi connectivity index (χ2n) is 3.74. The van der Waals surface area contributed by atoms with Gasteiger partial charge in [0, 0.05) is 15.5 Å². The third-order valence-electron chi connectivity index (χ3n) is 2.49. The molecule has 0 aliphatic carbocycles. The van der Waals surface area contributed by atoms with Crippen LogP contribution in [-0.2, 0) is 5.75 Å². The molecule has 0 spiro atoms. The number of thiophene rings is 1. The smallest absolute Gasteiger partial charge is 0.0701 e. The van der Waals surface area contributed by atoms with E-state index in [1.807, 2.05) is 23.1 Å². The van der Waals surface area contributed by atoms with Gasteiger partial charge in [0.2, 0.25) is 0 Å². The first-order chi connectivity index (χ1) is 7.65. The van der Waals surface area contributed by atoms with Crippen LogP contribution >= 0.6 is 39.0 Å². The SMILES string of the molecule is Cc1ccc(SCc2ccc(Br)s2)cc1C. The Bertz CT molecular complexity index is 488. The van der Waals surface area contributed by atoms with Gasteiger partial charge in [-0.3, -0.25) is 0 Å². The summed E-state index contributed by atoms with van der Waals surface area (Å²) in [5.74, 6) is 1.05. The van der Waals surface area contributed by atoms with Gasteiger partial charge in [-0.05, 0) is 65.2 Å². The van der Waals surface area contributed by atoms with E-state index in [-0.39, 0.29) is 0 Å². The molecule has 0 saturated carbocycles. The number of aryl methyl sites for hydroxylation is 2. The average molecular weight is 313 g/mol. The summed E-state index contributed by atoms with van der Waals surface area (Å²) in [6, 6.07) is 11.0. The van der Waals surface area contributed by atoms with Crippen LogP contribution in [0.5, 0.6) is 0 Å². The molecule has 0 unspecified atom stereocenters. The summed E-state index contributed by atoms with van der Waals surface area (Å²) in [4.78, 5) is 2.77. The Hall–Kier alpha value is -0.250. The van der Waals surface area contributed by atoms with Crippen molar-refractivity contribution in [2.45, 2.75) is 24.5 Å². The second-order valence-corrected chi connectivity index (χ2v) is 7.34. The third kappa shape index (κ3) is 3.12. The van der Waals surface area contributed by atoms with Crippen molar-refractivity contribution in [1.29, 1.82) is 0 Å². The minimum atomic E-state index is 1.05. The van der Waals surface area contributed by atoms with E-state index in [1.165, 1.54) is 24.7 Å². The summed E-state index contributed by atoms with van der Waals surface area (Å²) in [5.41, 5.74) is 2.74. The van der Waals surface area contributed by atoms with Crippen LogP contribution in [0.15, 0.2) is 39.0 Å². The van der Waals surface area contributed by atoms with Crippen LogP contribution < -0.4 is 0 Å². The second kappa shape index (κ2) is 5.39. The van der Waals surface area contributed by atoms with Crippen LogP contribution in [0.2, 0.25) is 0 Å². The summed E-state index contributed by atoms with van der Waals surface area (Å²) < 4.78 is 1.21. The molecule has 0 aliphatic rings. The Morgan fingerprint density at radius 1 is 1.12 bits per heavy atom. The van der Waals surface area contributed by atoms with Crippen LogP contribution in [0.25, 0.3) is 0 Å². The van der Waals surface area contributed by atoms with Crippen molar-refractivity contribution in [3.8, 4) is 0 Å². The Kier molecular flexibility index (Phi) is 4.11. The molecule has 0 atom stereocenters. The molecule has 2 rings (SSSR count). The van der Waals surface area contributed by atoms with E-state index in [4.69, 9.17) is 0 Å². The molecule has 0 N–H and O–H groups in total. The molecule has 0 fully saturated rings. The van der Waals surface area contributed by atoms with Crippen molar-refractivity contribution in [3.05, 3.63) is 50.1 Å². The highest BCUT2D eigenvalue weighted by atomic mass is 79.9. The number of hydrogen-bond acceptors (Lipinski definition) is 2. The van der Waals surface area contributed by atoms with Crippen LogP contribution in [0, 0.1) is 13.8 Å². The van der Waals surface area contributed by atoms with Gasteiger partial charge in [0.25, 0.3) is 0 Å². The molecule has 0 aliphatic heterocycles. The first-order valence-electron chi connectivity index (χ1n) is 5.09. The third-order valence-corrected chi connectivity index (χ3v) is 5.34. The molecule has 1 aromatic heterocycles. The standard InChI is InChI=1S/C13H13BrS2/c1-9-3-4-11(7-10(9)2)15-8-12-5-6-13(14)16-12/h3-7H,8H2,1-2H3. The number of halogens is 1. The summed E-state index contributed by atoms with van der Waals surface area (Å²) >= 11 is 7.20. The molecule has 0 amide bonds. The first-order valence-corrected chi connectivity index (χ1v) is 7.69. The number of benzene rings is 1. The fourth-order valence-corrected chi connectivity index (χ4v) is 3.91. The fourth-order valence-electron chi connectivity index (χ4n) is 1.39. The zero-order chi connectivity index (χ0) is 11.5. The van der Waals surface area contributed by atoms with Gasteiger partial charge in [-0.1, -0.05) is 6.07 Å². The zero-order valence-corrected chi connectivity index (χ0v) is 12.5. The van der Waals surface area contributed by atoms with E-state index >= 15 is 0 Å². The molecule has 1 aromatic carbocycles. The van der Waals surface area contributed by atoms with Gasteiger partial charge in [-0.2, -0.15) is 0 Å². The molecule has 2 aromatic rings. The molecular weight excluding hydrogens is 300 g/mol. The van der Waals surface area contributed by atoms with Gasteiger partial charge in [-0.25, -0.2) is 0 Å². The van der Waals surface area contributed by atoms with Gasteiger partial charge in [0.15, 0.2) is 0 Å². The van der Waals surface area contributed by atoms with Crippen molar-refractivity contribution in [2.75, 3.05) is 0 Å².